The number of benzene rings is 1. The van der Waals surface area contributed by atoms with E-state index in [0.717, 1.165) is 19.4 Å². The van der Waals surface area contributed by atoms with Crippen molar-refractivity contribution in [2.75, 3.05) is 12.3 Å². The smallest absolute Gasteiger partial charge is 0.287 e. The number of aromatic nitrogens is 1. The maximum Gasteiger partial charge on any atom is 0.287 e. The van der Waals surface area contributed by atoms with E-state index in [1.165, 1.54) is 18.2 Å². The van der Waals surface area contributed by atoms with Crippen molar-refractivity contribution in [3.05, 3.63) is 28.3 Å². The molecule has 2 aromatic rings. The lowest BCUT2D eigenvalue weighted by atomic mass is 10.3. The Labute approximate surface area is 117 Å². The third kappa shape index (κ3) is 2.56. The van der Waals surface area contributed by atoms with Crippen LogP contribution in [0.2, 0.25) is 0 Å². The Balaban J connectivity index is 1.84. The summed E-state index contributed by atoms with van der Waals surface area (Å²) < 4.78 is 17.6. The molecule has 106 valence electrons. The zero-order chi connectivity index (χ0) is 14.1. The summed E-state index contributed by atoms with van der Waals surface area (Å²) in [5.74, 6) is 0.453. The van der Waals surface area contributed by atoms with Crippen molar-refractivity contribution in [1.29, 1.82) is 0 Å². The van der Waals surface area contributed by atoms with Gasteiger partial charge in [0, 0.05) is 23.9 Å². The number of nitrogens with one attached hydrogen (secondary N) is 1. The molecule has 0 bridgehead atoms. The van der Waals surface area contributed by atoms with Crippen LogP contribution in [-0.4, -0.2) is 32.5 Å². The standard InChI is InChI=1S/C12H13N3O4S/c16-15(17)9-3-4-11-10(6-9)14-12(19-11)20(18)7-8-2-1-5-13-8/h3-4,6,8,13H,1-2,5,7H2. The lowest BCUT2D eigenvalue weighted by Gasteiger charge is -2.06. The van der Waals surface area contributed by atoms with Crippen molar-refractivity contribution < 1.29 is 13.5 Å². The van der Waals surface area contributed by atoms with E-state index < -0.39 is 15.7 Å². The molecule has 0 spiro atoms. The highest BCUT2D eigenvalue weighted by Gasteiger charge is 2.21. The second-order valence-electron chi connectivity index (χ2n) is 4.69. The number of hydrogen-bond acceptors (Lipinski definition) is 6. The van der Waals surface area contributed by atoms with E-state index in [1.807, 2.05) is 0 Å². The van der Waals surface area contributed by atoms with Gasteiger partial charge in [-0.15, -0.1) is 0 Å². The summed E-state index contributed by atoms with van der Waals surface area (Å²) in [4.78, 5) is 14.3. The number of nitro groups is 1. The van der Waals surface area contributed by atoms with E-state index in [4.69, 9.17) is 4.42 Å². The Morgan fingerprint density at radius 1 is 1.55 bits per heavy atom. The minimum absolute atomic E-state index is 0.0550. The van der Waals surface area contributed by atoms with Gasteiger partial charge in [-0.05, 0) is 25.5 Å². The predicted molar refractivity (Wildman–Crippen MR) is 73.0 cm³/mol. The van der Waals surface area contributed by atoms with Gasteiger partial charge in [0.15, 0.2) is 5.58 Å². The molecule has 0 radical (unpaired) electrons. The SMILES string of the molecule is O=[N+]([O-])c1ccc2oc(S(=O)CC3CCCN3)nc2c1. The van der Waals surface area contributed by atoms with Crippen molar-refractivity contribution in [2.45, 2.75) is 24.1 Å². The molecule has 1 aliphatic heterocycles. The Hall–Kier alpha value is -1.80. The lowest BCUT2D eigenvalue weighted by molar-refractivity contribution is -0.384. The van der Waals surface area contributed by atoms with E-state index in [9.17, 15) is 14.3 Å². The first-order valence-electron chi connectivity index (χ1n) is 6.30. The highest BCUT2D eigenvalue weighted by Crippen LogP contribution is 2.23. The number of hydrogen-bond donors (Lipinski definition) is 1. The molecular formula is C12H13N3O4S. The minimum atomic E-state index is -1.33. The van der Waals surface area contributed by atoms with Crippen molar-refractivity contribution >= 4 is 27.6 Å². The molecule has 0 saturated carbocycles. The van der Waals surface area contributed by atoms with Crippen LogP contribution < -0.4 is 5.32 Å². The highest BCUT2D eigenvalue weighted by atomic mass is 32.2. The van der Waals surface area contributed by atoms with Crippen LogP contribution in [0.15, 0.2) is 27.8 Å². The molecule has 1 N–H and O–H groups in total. The van der Waals surface area contributed by atoms with E-state index in [-0.39, 0.29) is 17.0 Å². The Bertz CT molecular complexity index is 678. The Morgan fingerprint density at radius 2 is 2.40 bits per heavy atom. The fraction of sp³-hybridized carbons (Fsp3) is 0.417. The zero-order valence-corrected chi connectivity index (χ0v) is 11.4. The van der Waals surface area contributed by atoms with Crippen molar-refractivity contribution in [3.8, 4) is 0 Å². The molecule has 2 unspecified atom stereocenters. The van der Waals surface area contributed by atoms with Gasteiger partial charge < -0.3 is 9.73 Å². The summed E-state index contributed by atoms with van der Waals surface area (Å²) in [7, 11) is -1.33. The van der Waals surface area contributed by atoms with Crippen LogP contribution in [-0.2, 0) is 10.8 Å². The molecule has 3 rings (SSSR count). The fourth-order valence-electron chi connectivity index (χ4n) is 2.26. The van der Waals surface area contributed by atoms with Crippen LogP contribution in [0.25, 0.3) is 11.1 Å². The molecule has 0 amide bonds. The van der Waals surface area contributed by atoms with Gasteiger partial charge in [0.05, 0.1) is 4.92 Å². The van der Waals surface area contributed by atoms with Gasteiger partial charge >= 0.3 is 0 Å². The van der Waals surface area contributed by atoms with Gasteiger partial charge in [0.25, 0.3) is 10.9 Å². The van der Waals surface area contributed by atoms with E-state index in [2.05, 4.69) is 10.3 Å². The zero-order valence-electron chi connectivity index (χ0n) is 10.6. The molecule has 1 fully saturated rings. The largest absolute Gasteiger partial charge is 0.430 e. The van der Waals surface area contributed by atoms with Crippen LogP contribution >= 0.6 is 0 Å². The monoisotopic (exact) mass is 295 g/mol. The summed E-state index contributed by atoms with van der Waals surface area (Å²) >= 11 is 0. The van der Waals surface area contributed by atoms with Crippen LogP contribution in [0.1, 0.15) is 12.8 Å². The summed E-state index contributed by atoms with van der Waals surface area (Å²) in [6.45, 7) is 0.946. The van der Waals surface area contributed by atoms with Gasteiger partial charge in [0.2, 0.25) is 0 Å². The molecule has 7 nitrogen and oxygen atoms in total. The molecule has 0 aliphatic carbocycles. The third-order valence-corrected chi connectivity index (χ3v) is 4.54. The second kappa shape index (κ2) is 5.29. The molecule has 20 heavy (non-hydrogen) atoms. The number of fused-ring (bicyclic) bond motifs is 1. The van der Waals surface area contributed by atoms with E-state index in [1.54, 1.807) is 0 Å². The average molecular weight is 295 g/mol. The normalized spacial score (nSPS) is 20.3. The van der Waals surface area contributed by atoms with Gasteiger partial charge in [0.1, 0.15) is 16.3 Å². The molecule has 2 heterocycles. The lowest BCUT2D eigenvalue weighted by Crippen LogP contribution is -2.27. The Morgan fingerprint density at radius 3 is 3.10 bits per heavy atom. The molecule has 1 aromatic carbocycles. The van der Waals surface area contributed by atoms with Crippen LogP contribution in [0.4, 0.5) is 5.69 Å². The maximum atomic E-state index is 12.2. The molecule has 8 heteroatoms. The van der Waals surface area contributed by atoms with Gasteiger partial charge in [-0.1, -0.05) is 0 Å². The number of nitro benzene ring substituents is 1. The first-order valence-corrected chi connectivity index (χ1v) is 7.62. The first kappa shape index (κ1) is 13.2. The van der Waals surface area contributed by atoms with E-state index >= 15 is 0 Å². The number of nitrogens with zero attached hydrogens (tertiary/aromatic N) is 2. The predicted octanol–water partition coefficient (Wildman–Crippen LogP) is 1.60. The van der Waals surface area contributed by atoms with Crippen molar-refractivity contribution in [3.63, 3.8) is 0 Å². The molecule has 2 atom stereocenters. The van der Waals surface area contributed by atoms with Crippen LogP contribution in [0.3, 0.4) is 0 Å². The van der Waals surface area contributed by atoms with Crippen LogP contribution in [0, 0.1) is 10.1 Å². The third-order valence-electron chi connectivity index (χ3n) is 3.27. The summed E-state index contributed by atoms with van der Waals surface area (Å²) in [5.41, 5.74) is 0.723. The van der Waals surface area contributed by atoms with Gasteiger partial charge in [-0.2, -0.15) is 0 Å². The van der Waals surface area contributed by atoms with Crippen molar-refractivity contribution in [2.24, 2.45) is 0 Å². The molecule has 1 saturated heterocycles. The number of non-ortho nitro benzene ring substituents is 1. The van der Waals surface area contributed by atoms with Crippen LogP contribution in [0.5, 0.6) is 0 Å². The summed E-state index contributed by atoms with van der Waals surface area (Å²) in [5, 5.41) is 14.1. The van der Waals surface area contributed by atoms with Gasteiger partial charge in [-0.25, -0.2) is 9.19 Å². The second-order valence-corrected chi connectivity index (χ2v) is 6.07. The minimum Gasteiger partial charge on any atom is -0.430 e. The quantitative estimate of drug-likeness (QED) is 0.679. The maximum absolute atomic E-state index is 12.2. The molecular weight excluding hydrogens is 282 g/mol. The van der Waals surface area contributed by atoms with Gasteiger partial charge in [-0.3, -0.25) is 10.1 Å². The Kier molecular flexibility index (Phi) is 3.49. The first-order chi connectivity index (χ1) is 9.63. The molecule has 1 aromatic heterocycles. The molecule has 1 aliphatic rings. The summed E-state index contributed by atoms with van der Waals surface area (Å²) in [6, 6.07) is 4.38. The topological polar surface area (TPSA) is 98.3 Å². The van der Waals surface area contributed by atoms with E-state index in [0.29, 0.717) is 16.9 Å². The summed E-state index contributed by atoms with van der Waals surface area (Å²) in [6.07, 6.45) is 2.08. The van der Waals surface area contributed by atoms with Crippen molar-refractivity contribution in [1.82, 2.24) is 10.3 Å². The number of rotatable bonds is 4. The fourth-order valence-corrected chi connectivity index (χ4v) is 3.43. The average Bonchev–Trinajstić information content (AvgIpc) is 3.05. The highest BCUT2D eigenvalue weighted by molar-refractivity contribution is 7.84. The number of oxazole rings is 1.